The summed E-state index contributed by atoms with van der Waals surface area (Å²) < 4.78 is 0. The number of nitrogens with one attached hydrogen (secondary N) is 3. The van der Waals surface area contributed by atoms with Gasteiger partial charge >= 0.3 is 0 Å². The molecule has 6 rings (SSSR count). The number of para-hydroxylation sites is 1. The van der Waals surface area contributed by atoms with Gasteiger partial charge in [0, 0.05) is 27.7 Å². The molecule has 5 aromatic rings. The SMILES string of the molecule is CN1CCCC1C(=O)Nc1cccc(-c2nc(Nc3ccc4[nH]ncc4c3)c3ccccc3n2)c1. The van der Waals surface area contributed by atoms with Crippen molar-refractivity contribution in [3.63, 3.8) is 0 Å². The Morgan fingerprint density at radius 1 is 1.03 bits per heavy atom. The van der Waals surface area contributed by atoms with Crippen LogP contribution in [0.2, 0.25) is 0 Å². The summed E-state index contributed by atoms with van der Waals surface area (Å²) in [4.78, 5) is 24.6. The van der Waals surface area contributed by atoms with Gasteiger partial charge in [-0.2, -0.15) is 5.10 Å². The van der Waals surface area contributed by atoms with Crippen molar-refractivity contribution in [2.75, 3.05) is 24.2 Å². The molecule has 1 atom stereocenters. The smallest absolute Gasteiger partial charge is 0.241 e. The van der Waals surface area contributed by atoms with Crippen LogP contribution in [-0.2, 0) is 4.79 Å². The molecular formula is C27H25N7O. The Hall–Kier alpha value is -4.30. The molecule has 3 aromatic carbocycles. The molecule has 1 fully saturated rings. The average molecular weight is 464 g/mol. The van der Waals surface area contributed by atoms with Crippen LogP contribution in [0.3, 0.4) is 0 Å². The van der Waals surface area contributed by atoms with Crippen LogP contribution in [0, 0.1) is 0 Å². The third-order valence-electron chi connectivity index (χ3n) is 6.52. The van der Waals surface area contributed by atoms with Gasteiger partial charge in [-0.1, -0.05) is 24.3 Å². The molecule has 174 valence electrons. The number of hydrogen-bond donors (Lipinski definition) is 3. The summed E-state index contributed by atoms with van der Waals surface area (Å²) in [6, 6.07) is 21.6. The normalized spacial score (nSPS) is 16.1. The summed E-state index contributed by atoms with van der Waals surface area (Å²) in [6.07, 6.45) is 3.73. The van der Waals surface area contributed by atoms with Crippen molar-refractivity contribution in [1.82, 2.24) is 25.1 Å². The van der Waals surface area contributed by atoms with Crippen molar-refractivity contribution in [3.05, 3.63) is 72.9 Å². The van der Waals surface area contributed by atoms with Gasteiger partial charge in [0.1, 0.15) is 5.82 Å². The second-order valence-corrected chi connectivity index (χ2v) is 8.92. The molecule has 0 saturated carbocycles. The zero-order valence-corrected chi connectivity index (χ0v) is 19.3. The zero-order valence-electron chi connectivity index (χ0n) is 19.3. The Morgan fingerprint density at radius 3 is 2.83 bits per heavy atom. The van der Waals surface area contributed by atoms with Crippen LogP contribution in [0.25, 0.3) is 33.2 Å². The lowest BCUT2D eigenvalue weighted by Crippen LogP contribution is -2.37. The predicted octanol–water partition coefficient (Wildman–Crippen LogP) is 4.95. The van der Waals surface area contributed by atoms with E-state index in [1.165, 1.54) is 0 Å². The summed E-state index contributed by atoms with van der Waals surface area (Å²) in [5.41, 5.74) is 4.30. The topological polar surface area (TPSA) is 98.8 Å². The van der Waals surface area contributed by atoms with Crippen LogP contribution >= 0.6 is 0 Å². The van der Waals surface area contributed by atoms with Crippen molar-refractivity contribution in [1.29, 1.82) is 0 Å². The molecule has 3 heterocycles. The lowest BCUT2D eigenvalue weighted by atomic mass is 10.1. The predicted molar refractivity (Wildman–Crippen MR) is 139 cm³/mol. The third-order valence-corrected chi connectivity index (χ3v) is 6.52. The largest absolute Gasteiger partial charge is 0.340 e. The van der Waals surface area contributed by atoms with E-state index in [9.17, 15) is 4.79 Å². The van der Waals surface area contributed by atoms with Crippen LogP contribution in [0.5, 0.6) is 0 Å². The molecule has 1 saturated heterocycles. The van der Waals surface area contributed by atoms with Gasteiger partial charge in [0.2, 0.25) is 5.91 Å². The number of nitrogens with zero attached hydrogens (tertiary/aromatic N) is 4. The highest BCUT2D eigenvalue weighted by Gasteiger charge is 2.27. The fourth-order valence-electron chi connectivity index (χ4n) is 4.66. The number of aromatic amines is 1. The molecular weight excluding hydrogens is 438 g/mol. The fourth-order valence-corrected chi connectivity index (χ4v) is 4.66. The second kappa shape index (κ2) is 8.81. The van der Waals surface area contributed by atoms with Gasteiger partial charge in [-0.25, -0.2) is 9.97 Å². The maximum Gasteiger partial charge on any atom is 0.241 e. The minimum Gasteiger partial charge on any atom is -0.340 e. The number of rotatable bonds is 5. The molecule has 0 radical (unpaired) electrons. The lowest BCUT2D eigenvalue weighted by molar-refractivity contribution is -0.119. The van der Waals surface area contributed by atoms with E-state index in [1.54, 1.807) is 6.20 Å². The highest BCUT2D eigenvalue weighted by Crippen LogP contribution is 2.29. The first-order valence-corrected chi connectivity index (χ1v) is 11.7. The maximum atomic E-state index is 12.8. The monoisotopic (exact) mass is 463 g/mol. The van der Waals surface area contributed by atoms with Crippen molar-refractivity contribution in [2.45, 2.75) is 18.9 Å². The molecule has 0 bridgehead atoms. The summed E-state index contributed by atoms with van der Waals surface area (Å²) >= 11 is 0. The van der Waals surface area contributed by atoms with Crippen molar-refractivity contribution < 1.29 is 4.79 Å². The number of benzene rings is 3. The number of fused-ring (bicyclic) bond motifs is 2. The molecule has 8 nitrogen and oxygen atoms in total. The zero-order chi connectivity index (χ0) is 23.8. The van der Waals surface area contributed by atoms with E-state index in [0.717, 1.165) is 63.9 Å². The number of carbonyl (C=O) groups is 1. The number of hydrogen-bond acceptors (Lipinski definition) is 6. The van der Waals surface area contributed by atoms with Crippen molar-refractivity contribution in [3.8, 4) is 11.4 Å². The molecule has 1 amide bonds. The second-order valence-electron chi connectivity index (χ2n) is 8.92. The van der Waals surface area contributed by atoms with E-state index in [1.807, 2.05) is 73.8 Å². The van der Waals surface area contributed by atoms with Crippen LogP contribution in [-0.4, -0.2) is 50.6 Å². The van der Waals surface area contributed by atoms with Gasteiger partial charge < -0.3 is 10.6 Å². The highest BCUT2D eigenvalue weighted by atomic mass is 16.2. The van der Waals surface area contributed by atoms with E-state index in [2.05, 4.69) is 25.7 Å². The van der Waals surface area contributed by atoms with Gasteiger partial charge in [-0.05, 0) is 68.9 Å². The van der Waals surface area contributed by atoms with Gasteiger partial charge in [-0.3, -0.25) is 14.8 Å². The molecule has 8 heteroatoms. The van der Waals surface area contributed by atoms with E-state index >= 15 is 0 Å². The average Bonchev–Trinajstić information content (AvgIpc) is 3.52. The lowest BCUT2D eigenvalue weighted by Gasteiger charge is -2.18. The van der Waals surface area contributed by atoms with Gasteiger partial charge in [0.15, 0.2) is 5.82 Å². The highest BCUT2D eigenvalue weighted by molar-refractivity contribution is 5.96. The molecule has 1 aliphatic rings. The van der Waals surface area contributed by atoms with Gasteiger partial charge in [0.25, 0.3) is 0 Å². The maximum absolute atomic E-state index is 12.8. The molecule has 0 spiro atoms. The number of aromatic nitrogens is 4. The van der Waals surface area contributed by atoms with Gasteiger partial charge in [-0.15, -0.1) is 0 Å². The standard InChI is InChI=1S/C27H25N7O/c1-34-13-5-10-24(34)27(35)30-19-7-4-6-17(14-19)25-31-23-9-3-2-8-21(23)26(32-25)29-20-11-12-22-18(15-20)16-28-33-22/h2-4,6-9,11-12,14-16,24H,5,10,13H2,1H3,(H,28,33)(H,30,35)(H,29,31,32). The molecule has 0 aliphatic carbocycles. The van der Waals surface area contributed by atoms with Gasteiger partial charge in [0.05, 0.1) is 23.3 Å². The number of anilines is 3. The molecule has 1 unspecified atom stereocenters. The minimum absolute atomic E-state index is 0.0265. The van der Waals surface area contributed by atoms with E-state index in [4.69, 9.17) is 9.97 Å². The first kappa shape index (κ1) is 21.2. The number of amides is 1. The Balaban J connectivity index is 1.34. The Kier molecular flexibility index (Phi) is 5.35. The fraction of sp³-hybridized carbons (Fsp3) is 0.185. The summed E-state index contributed by atoms with van der Waals surface area (Å²) in [7, 11) is 2.00. The quantitative estimate of drug-likeness (QED) is 0.341. The third kappa shape index (κ3) is 4.20. The number of likely N-dealkylation sites (N-methyl/N-ethyl adjacent to an activating group) is 1. The van der Waals surface area contributed by atoms with Crippen LogP contribution in [0.4, 0.5) is 17.2 Å². The number of H-pyrrole nitrogens is 1. The Morgan fingerprint density at radius 2 is 1.94 bits per heavy atom. The Bertz CT molecular complexity index is 1540. The van der Waals surface area contributed by atoms with Crippen molar-refractivity contribution >= 4 is 44.9 Å². The minimum atomic E-state index is -0.0843. The summed E-state index contributed by atoms with van der Waals surface area (Å²) in [5, 5.41) is 15.5. The van der Waals surface area contributed by atoms with E-state index in [-0.39, 0.29) is 11.9 Å². The summed E-state index contributed by atoms with van der Waals surface area (Å²) in [6.45, 7) is 0.951. The number of likely N-dealkylation sites (tertiary alicyclic amines) is 1. The van der Waals surface area contributed by atoms with Crippen LogP contribution < -0.4 is 10.6 Å². The van der Waals surface area contributed by atoms with E-state index < -0.39 is 0 Å². The first-order chi connectivity index (χ1) is 17.1. The molecule has 1 aliphatic heterocycles. The van der Waals surface area contributed by atoms with Crippen LogP contribution in [0.1, 0.15) is 12.8 Å². The summed E-state index contributed by atoms with van der Waals surface area (Å²) in [5.74, 6) is 1.33. The number of carbonyl (C=O) groups excluding carboxylic acids is 1. The van der Waals surface area contributed by atoms with Crippen LogP contribution in [0.15, 0.2) is 72.9 Å². The van der Waals surface area contributed by atoms with E-state index in [0.29, 0.717) is 5.82 Å². The molecule has 3 N–H and O–H groups in total. The first-order valence-electron chi connectivity index (χ1n) is 11.7. The molecule has 35 heavy (non-hydrogen) atoms. The Labute approximate surface area is 202 Å². The molecule has 2 aromatic heterocycles. The van der Waals surface area contributed by atoms with Crippen molar-refractivity contribution in [2.24, 2.45) is 0 Å².